The molecule has 5 aromatic rings. The molecule has 0 bridgehead atoms. The second-order valence-corrected chi connectivity index (χ2v) is 10.8. The number of fused-ring (bicyclic) bond motifs is 2. The SMILES string of the molecule is CCCCOc1ccc2ccc(OCCCC)c3c4c(OCCCC)ccc5ccc(OCCCC)c(c1c23)c54. The molecule has 0 spiro atoms. The van der Waals surface area contributed by atoms with E-state index < -0.39 is 0 Å². The molecule has 212 valence electrons. The van der Waals surface area contributed by atoms with Crippen LogP contribution in [0.3, 0.4) is 0 Å². The van der Waals surface area contributed by atoms with Crippen molar-refractivity contribution >= 4 is 43.1 Å². The predicted octanol–water partition coefficient (Wildman–Crippen LogP) is 10.5. The van der Waals surface area contributed by atoms with Crippen LogP contribution in [-0.4, -0.2) is 26.4 Å². The quantitative estimate of drug-likeness (QED) is 0.0708. The lowest BCUT2D eigenvalue weighted by atomic mass is 9.88. The van der Waals surface area contributed by atoms with Gasteiger partial charge in [0.1, 0.15) is 23.0 Å². The van der Waals surface area contributed by atoms with Crippen LogP contribution in [0.5, 0.6) is 23.0 Å². The number of unbranched alkanes of at least 4 members (excludes halogenated alkanes) is 4. The molecule has 0 radical (unpaired) electrons. The zero-order chi connectivity index (χ0) is 27.9. The Kier molecular flexibility index (Phi) is 9.36. The predicted molar refractivity (Wildman–Crippen MR) is 169 cm³/mol. The fourth-order valence-corrected chi connectivity index (χ4v) is 5.54. The van der Waals surface area contributed by atoms with E-state index in [9.17, 15) is 0 Å². The molecule has 0 unspecified atom stereocenters. The van der Waals surface area contributed by atoms with Crippen LogP contribution < -0.4 is 18.9 Å². The number of benzene rings is 5. The third kappa shape index (κ3) is 5.46. The minimum absolute atomic E-state index is 0.687. The molecule has 5 rings (SSSR count). The van der Waals surface area contributed by atoms with Crippen molar-refractivity contribution in [2.45, 2.75) is 79.1 Å². The lowest BCUT2D eigenvalue weighted by Crippen LogP contribution is -2.03. The van der Waals surface area contributed by atoms with E-state index in [1.54, 1.807) is 0 Å². The summed E-state index contributed by atoms with van der Waals surface area (Å²) in [7, 11) is 0. The highest BCUT2D eigenvalue weighted by Crippen LogP contribution is 2.52. The van der Waals surface area contributed by atoms with Gasteiger partial charge in [0, 0.05) is 32.3 Å². The molecule has 0 N–H and O–H groups in total. The Morgan fingerprint density at radius 1 is 0.350 bits per heavy atom. The third-order valence-electron chi connectivity index (χ3n) is 7.74. The molecular weight excluding hydrogens is 496 g/mol. The normalized spacial score (nSPS) is 11.7. The maximum atomic E-state index is 6.51. The molecule has 0 amide bonds. The molecule has 4 nitrogen and oxygen atoms in total. The molecule has 0 aliphatic carbocycles. The number of hydrogen-bond acceptors (Lipinski definition) is 4. The van der Waals surface area contributed by atoms with E-state index in [0.717, 1.165) is 107 Å². The average Bonchev–Trinajstić information content (AvgIpc) is 2.98. The van der Waals surface area contributed by atoms with Gasteiger partial charge in [-0.25, -0.2) is 0 Å². The first-order valence-electron chi connectivity index (χ1n) is 15.4. The molecular formula is C36H44O4. The highest BCUT2D eigenvalue weighted by molar-refractivity contribution is 6.37. The van der Waals surface area contributed by atoms with Gasteiger partial charge in [0.25, 0.3) is 0 Å². The first kappa shape index (κ1) is 28.1. The monoisotopic (exact) mass is 540 g/mol. The molecule has 0 saturated heterocycles. The summed E-state index contributed by atoms with van der Waals surface area (Å²) in [5.41, 5.74) is 0. The molecule has 5 aromatic carbocycles. The highest BCUT2D eigenvalue weighted by Gasteiger charge is 2.24. The van der Waals surface area contributed by atoms with Crippen molar-refractivity contribution in [2.75, 3.05) is 26.4 Å². The summed E-state index contributed by atoms with van der Waals surface area (Å²) in [6.07, 6.45) is 8.41. The van der Waals surface area contributed by atoms with Crippen molar-refractivity contribution in [3.05, 3.63) is 48.5 Å². The highest BCUT2D eigenvalue weighted by atomic mass is 16.5. The summed E-state index contributed by atoms with van der Waals surface area (Å²) in [5, 5.41) is 9.10. The fraction of sp³-hybridized carbons (Fsp3) is 0.444. The molecule has 40 heavy (non-hydrogen) atoms. The van der Waals surface area contributed by atoms with E-state index in [2.05, 4.69) is 76.2 Å². The van der Waals surface area contributed by atoms with Crippen LogP contribution >= 0.6 is 0 Å². The van der Waals surface area contributed by atoms with E-state index in [0.29, 0.717) is 26.4 Å². The van der Waals surface area contributed by atoms with Crippen molar-refractivity contribution in [3.63, 3.8) is 0 Å². The smallest absolute Gasteiger partial charge is 0.127 e. The van der Waals surface area contributed by atoms with Crippen LogP contribution in [0.1, 0.15) is 79.1 Å². The Morgan fingerprint density at radius 3 is 0.825 bits per heavy atom. The van der Waals surface area contributed by atoms with Gasteiger partial charge in [0.2, 0.25) is 0 Å². The van der Waals surface area contributed by atoms with Gasteiger partial charge in [0.05, 0.1) is 26.4 Å². The minimum atomic E-state index is 0.687. The lowest BCUT2D eigenvalue weighted by Gasteiger charge is -2.23. The lowest BCUT2D eigenvalue weighted by molar-refractivity contribution is 0.309. The molecule has 0 saturated carbocycles. The standard InChI is InChI=1S/C36H44O4/c1-5-9-21-37-27-17-13-25-14-19-29(39-23-11-7-3)35-31(25)33(27)34-28(38-22-10-6-2)18-15-26-16-20-30(36(35)32(26)34)40-24-12-8-4/h13-20H,5-12,21-24H2,1-4H3. The number of rotatable bonds is 16. The molecule has 4 heteroatoms. The van der Waals surface area contributed by atoms with Gasteiger partial charge in [-0.15, -0.1) is 0 Å². The molecule has 0 aromatic heterocycles. The van der Waals surface area contributed by atoms with Crippen LogP contribution in [0, 0.1) is 0 Å². The van der Waals surface area contributed by atoms with Gasteiger partial charge < -0.3 is 18.9 Å². The van der Waals surface area contributed by atoms with Gasteiger partial charge in [0.15, 0.2) is 0 Å². The van der Waals surface area contributed by atoms with E-state index in [1.807, 2.05) is 0 Å². The fourth-order valence-electron chi connectivity index (χ4n) is 5.54. The third-order valence-corrected chi connectivity index (χ3v) is 7.74. The van der Waals surface area contributed by atoms with Crippen LogP contribution in [0.25, 0.3) is 43.1 Å². The second-order valence-electron chi connectivity index (χ2n) is 10.8. The van der Waals surface area contributed by atoms with Crippen molar-refractivity contribution in [3.8, 4) is 23.0 Å². The maximum absolute atomic E-state index is 6.51. The largest absolute Gasteiger partial charge is 0.493 e. The first-order valence-corrected chi connectivity index (χ1v) is 15.4. The zero-order valence-corrected chi connectivity index (χ0v) is 24.7. The van der Waals surface area contributed by atoms with Crippen molar-refractivity contribution in [1.82, 2.24) is 0 Å². The van der Waals surface area contributed by atoms with Gasteiger partial charge in [-0.05, 0) is 60.7 Å². The zero-order valence-electron chi connectivity index (χ0n) is 24.7. The van der Waals surface area contributed by atoms with Gasteiger partial charge in [-0.2, -0.15) is 0 Å². The second kappa shape index (κ2) is 13.3. The van der Waals surface area contributed by atoms with Crippen LogP contribution in [0.4, 0.5) is 0 Å². The van der Waals surface area contributed by atoms with Gasteiger partial charge >= 0.3 is 0 Å². The van der Waals surface area contributed by atoms with Gasteiger partial charge in [-0.1, -0.05) is 77.6 Å². The Bertz CT molecular complexity index is 1330. The molecule has 0 fully saturated rings. The molecule has 0 heterocycles. The maximum Gasteiger partial charge on any atom is 0.127 e. The van der Waals surface area contributed by atoms with E-state index in [1.165, 1.54) is 10.8 Å². The van der Waals surface area contributed by atoms with Crippen LogP contribution in [0.2, 0.25) is 0 Å². The van der Waals surface area contributed by atoms with E-state index in [4.69, 9.17) is 18.9 Å². The number of ether oxygens (including phenoxy) is 4. The van der Waals surface area contributed by atoms with E-state index >= 15 is 0 Å². The summed E-state index contributed by atoms with van der Waals surface area (Å²) in [6.45, 7) is 11.5. The summed E-state index contributed by atoms with van der Waals surface area (Å²) in [5.74, 6) is 3.62. The summed E-state index contributed by atoms with van der Waals surface area (Å²) < 4.78 is 26.1. The molecule has 0 aliphatic heterocycles. The van der Waals surface area contributed by atoms with Crippen molar-refractivity contribution in [1.29, 1.82) is 0 Å². The van der Waals surface area contributed by atoms with E-state index in [-0.39, 0.29) is 0 Å². The van der Waals surface area contributed by atoms with Crippen molar-refractivity contribution in [2.24, 2.45) is 0 Å². The Morgan fingerprint density at radius 2 is 0.600 bits per heavy atom. The number of hydrogen-bond donors (Lipinski definition) is 0. The first-order chi connectivity index (χ1) is 19.7. The average molecular weight is 541 g/mol. The topological polar surface area (TPSA) is 36.9 Å². The minimum Gasteiger partial charge on any atom is -0.493 e. The molecule has 0 atom stereocenters. The Balaban J connectivity index is 1.91. The van der Waals surface area contributed by atoms with Crippen LogP contribution in [-0.2, 0) is 0 Å². The van der Waals surface area contributed by atoms with Gasteiger partial charge in [-0.3, -0.25) is 0 Å². The Labute approximate surface area is 238 Å². The summed E-state index contributed by atoms with van der Waals surface area (Å²) in [6, 6.07) is 17.3. The molecule has 0 aliphatic rings. The summed E-state index contributed by atoms with van der Waals surface area (Å²) >= 11 is 0. The summed E-state index contributed by atoms with van der Waals surface area (Å²) in [4.78, 5) is 0. The Hall–Kier alpha value is -3.40. The van der Waals surface area contributed by atoms with Crippen LogP contribution in [0.15, 0.2) is 48.5 Å². The van der Waals surface area contributed by atoms with Crippen molar-refractivity contribution < 1.29 is 18.9 Å².